The van der Waals surface area contributed by atoms with Gasteiger partial charge in [-0.2, -0.15) is 0 Å². The van der Waals surface area contributed by atoms with Crippen LogP contribution in [-0.2, 0) is 52.6 Å². The molecule has 0 bridgehead atoms. The molecule has 0 aromatic rings. The lowest BCUT2D eigenvalue weighted by molar-refractivity contribution is -0.155. The number of methoxy groups -OCH3 is 1. The third-order valence-corrected chi connectivity index (χ3v) is 11.9. The summed E-state index contributed by atoms with van der Waals surface area (Å²) in [7, 11) is 1.35. The van der Waals surface area contributed by atoms with E-state index in [-0.39, 0.29) is 80.4 Å². The van der Waals surface area contributed by atoms with Gasteiger partial charge in [0.15, 0.2) is 5.72 Å². The van der Waals surface area contributed by atoms with Crippen LogP contribution >= 0.6 is 0 Å². The minimum absolute atomic E-state index is 0.00272. The highest BCUT2D eigenvalue weighted by atomic mass is 16.6. The molecule has 0 unspecified atom stereocenters. The van der Waals surface area contributed by atoms with E-state index >= 15 is 0 Å². The summed E-state index contributed by atoms with van der Waals surface area (Å²) < 4.78 is 16.2. The van der Waals surface area contributed by atoms with Crippen molar-refractivity contribution in [3.8, 4) is 0 Å². The number of amides is 7. The van der Waals surface area contributed by atoms with Crippen LogP contribution in [0.15, 0.2) is 22.5 Å². The highest BCUT2D eigenvalue weighted by molar-refractivity contribution is 6.25. The molecule has 4 aliphatic heterocycles. The average Bonchev–Trinajstić information content (AvgIpc) is 3.49. The Bertz CT molecular complexity index is 2000. The second-order valence-corrected chi connectivity index (χ2v) is 16.5. The van der Waals surface area contributed by atoms with Crippen LogP contribution in [0.25, 0.3) is 0 Å². The number of carboxylic acids is 1. The number of likely N-dealkylation sites (tertiary alicyclic amines) is 1. The number of aliphatic carboxylic acids is 1. The zero-order valence-electron chi connectivity index (χ0n) is 35.7. The normalized spacial score (nSPS) is 24.8. The molecule has 5 aliphatic rings. The molecular formula is C39H56N10O14. The molecule has 8 atom stereocenters. The first-order chi connectivity index (χ1) is 29.7. The number of nitrogens with two attached hydrogens (primary N) is 3. The minimum atomic E-state index is -1.52. The summed E-state index contributed by atoms with van der Waals surface area (Å²) in [4.78, 5) is 133. The minimum Gasteiger partial charge on any atom is -0.480 e. The summed E-state index contributed by atoms with van der Waals surface area (Å²) in [6, 6.07) is -5.64. The highest BCUT2D eigenvalue weighted by Crippen LogP contribution is 2.60. The van der Waals surface area contributed by atoms with Gasteiger partial charge in [0, 0.05) is 37.8 Å². The van der Waals surface area contributed by atoms with E-state index in [1.807, 2.05) is 13.8 Å². The van der Waals surface area contributed by atoms with Crippen molar-refractivity contribution in [3.05, 3.63) is 22.5 Å². The quantitative estimate of drug-likeness (QED) is 0.0357. The number of carbonyl (C=O) groups is 10. The van der Waals surface area contributed by atoms with Crippen molar-refractivity contribution >= 4 is 59.3 Å². The third kappa shape index (κ3) is 9.70. The van der Waals surface area contributed by atoms with E-state index in [0.717, 1.165) is 0 Å². The van der Waals surface area contributed by atoms with Gasteiger partial charge in [-0.15, -0.1) is 0 Å². The van der Waals surface area contributed by atoms with E-state index in [1.165, 1.54) is 30.8 Å². The first-order valence-corrected chi connectivity index (χ1v) is 20.6. The molecule has 0 saturated carbocycles. The fourth-order valence-corrected chi connectivity index (χ4v) is 8.79. The van der Waals surface area contributed by atoms with E-state index in [9.17, 15) is 47.9 Å². The molecule has 3 saturated heterocycles. The van der Waals surface area contributed by atoms with Crippen LogP contribution in [0.5, 0.6) is 0 Å². The third-order valence-electron chi connectivity index (χ3n) is 11.9. The van der Waals surface area contributed by atoms with Gasteiger partial charge in [-0.1, -0.05) is 13.8 Å². The van der Waals surface area contributed by atoms with Gasteiger partial charge in [0.25, 0.3) is 0 Å². The Labute approximate surface area is 361 Å². The van der Waals surface area contributed by atoms with Gasteiger partial charge in [-0.3, -0.25) is 38.4 Å². The van der Waals surface area contributed by atoms with Crippen molar-refractivity contribution in [2.75, 3.05) is 46.5 Å². The Morgan fingerprint density at radius 3 is 2.33 bits per heavy atom. The second kappa shape index (κ2) is 19.4. The average molecular weight is 889 g/mol. The van der Waals surface area contributed by atoms with Crippen LogP contribution < -0.4 is 38.5 Å². The topological polar surface area (TPSA) is 354 Å². The second-order valence-electron chi connectivity index (χ2n) is 16.5. The summed E-state index contributed by atoms with van der Waals surface area (Å²) in [5, 5.41) is 18.9. The van der Waals surface area contributed by atoms with Crippen molar-refractivity contribution in [1.82, 2.24) is 36.0 Å². The van der Waals surface area contributed by atoms with Gasteiger partial charge >= 0.3 is 18.2 Å². The predicted octanol–water partition coefficient (Wildman–Crippen LogP) is -3.35. The number of ether oxygens (including phenoxy) is 3. The molecule has 63 heavy (non-hydrogen) atoms. The smallest absolute Gasteiger partial charge is 0.407 e. The number of carboxylic acid groups (broad SMARTS) is 1. The maximum absolute atomic E-state index is 14.4. The number of hydrogen-bond donors (Lipinski definition) is 8. The number of alkyl carbamates (subject to hydrolysis) is 1. The van der Waals surface area contributed by atoms with Crippen molar-refractivity contribution in [2.45, 2.75) is 102 Å². The summed E-state index contributed by atoms with van der Waals surface area (Å²) in [5.41, 5.74) is 15.0. The first kappa shape index (κ1) is 47.7. The van der Waals surface area contributed by atoms with Crippen molar-refractivity contribution in [1.29, 1.82) is 0 Å². The van der Waals surface area contributed by atoms with Crippen LogP contribution in [0, 0.1) is 11.8 Å². The number of rotatable bonds is 19. The number of nitrogens with one attached hydrogen (secondary N) is 4. The largest absolute Gasteiger partial charge is 0.480 e. The Hall–Kier alpha value is -6.30. The number of primary amides is 1. The lowest BCUT2D eigenvalue weighted by Gasteiger charge is -2.41. The van der Waals surface area contributed by atoms with Crippen molar-refractivity contribution in [2.24, 2.45) is 29.0 Å². The number of fused-ring (bicyclic) bond motifs is 4. The molecule has 24 nitrogen and oxygen atoms in total. The molecule has 0 radical (unpaired) electrons. The van der Waals surface area contributed by atoms with Crippen LogP contribution in [-0.4, -0.2) is 168 Å². The Morgan fingerprint density at radius 1 is 1.00 bits per heavy atom. The SMILES string of the molecule is CO[C@@]12[C@H](COC(N)=O)C3=C(C(=O)C(C)=C(N)C3=O)N1C[C@H]1[C@@H]2N1C(=O)[C@H](CC(C)C)NC(=O)[C@H](C)NC(=O)[C@@H]1CCCN1C(=O)CNC(=O)OCCNC(=O)CC[C@H](N)C(=O)O. The van der Waals surface area contributed by atoms with E-state index < -0.39 is 120 Å². The van der Waals surface area contributed by atoms with Gasteiger partial charge in [0.05, 0.1) is 29.9 Å². The van der Waals surface area contributed by atoms with Crippen LogP contribution in [0.4, 0.5) is 9.59 Å². The van der Waals surface area contributed by atoms with Gasteiger partial charge in [0.2, 0.25) is 41.1 Å². The monoisotopic (exact) mass is 888 g/mol. The summed E-state index contributed by atoms with van der Waals surface area (Å²) >= 11 is 0. The number of allylic oxidation sites excluding steroid dienone is 2. The molecule has 5 rings (SSSR count). The number of Topliss-reactive ketones (excluding diaryl/α,β-unsaturated/α-hetero) is 2. The molecule has 1 aliphatic carbocycles. The molecule has 3 fully saturated rings. The molecule has 346 valence electrons. The lowest BCUT2D eigenvalue weighted by Crippen LogP contribution is -2.58. The molecule has 0 spiro atoms. The van der Waals surface area contributed by atoms with Gasteiger partial charge in [0.1, 0.15) is 50.0 Å². The van der Waals surface area contributed by atoms with Crippen molar-refractivity contribution in [3.63, 3.8) is 0 Å². The molecule has 0 aromatic carbocycles. The summed E-state index contributed by atoms with van der Waals surface area (Å²) in [6.07, 6.45) is -1.35. The zero-order valence-corrected chi connectivity index (χ0v) is 35.7. The van der Waals surface area contributed by atoms with Crippen LogP contribution in [0.1, 0.15) is 59.8 Å². The van der Waals surface area contributed by atoms with Gasteiger partial charge < -0.3 is 72.5 Å². The number of nitrogens with zero attached hydrogens (tertiary/aromatic N) is 3. The number of carbonyl (C=O) groups excluding carboxylic acids is 9. The Balaban J connectivity index is 1.15. The summed E-state index contributed by atoms with van der Waals surface area (Å²) in [6.45, 7) is 5.58. The van der Waals surface area contributed by atoms with Gasteiger partial charge in [-0.25, -0.2) is 9.59 Å². The number of piperazine rings is 1. The first-order valence-electron chi connectivity index (χ1n) is 20.6. The van der Waals surface area contributed by atoms with E-state index in [2.05, 4.69) is 21.3 Å². The van der Waals surface area contributed by atoms with Gasteiger partial charge in [-0.05, 0) is 45.4 Å². The number of hydrogen-bond acceptors (Lipinski definition) is 16. The molecular weight excluding hydrogens is 832 g/mol. The highest BCUT2D eigenvalue weighted by Gasteiger charge is 2.77. The molecule has 0 aromatic heterocycles. The maximum atomic E-state index is 14.4. The Morgan fingerprint density at radius 2 is 1.70 bits per heavy atom. The van der Waals surface area contributed by atoms with Crippen LogP contribution in [0.3, 0.4) is 0 Å². The summed E-state index contributed by atoms with van der Waals surface area (Å²) in [5.74, 6) is -6.37. The van der Waals surface area contributed by atoms with Crippen molar-refractivity contribution < 1.29 is 67.3 Å². The van der Waals surface area contributed by atoms with Crippen LogP contribution in [0.2, 0.25) is 0 Å². The maximum Gasteiger partial charge on any atom is 0.407 e. The standard InChI is InChI=1S/C39H56N10O14/c1-17(2)13-22(35(56)49-24-15-48-29-27(31(53)28(41)18(3)30(29)52)20(16-63-37(42)59)39(48,61-5)32(24)49)46-33(54)19(4)45-34(55)23-7-6-11-47(23)26(51)14-44-38(60)62-12-10-43-25(50)9-8-21(40)36(57)58/h17,19-24,32H,6-16,40-41H2,1-5H3,(H2,42,59)(H,43,50)(H,44,60)(H,45,55)(H,46,54)(H,57,58)/t19-,20+,21-,22-,23-,24-,32-,39+,49?/m0/s1. The fourth-order valence-electron chi connectivity index (χ4n) is 8.79. The predicted molar refractivity (Wildman–Crippen MR) is 215 cm³/mol. The number of ketones is 2. The molecule has 7 amide bonds. The zero-order chi connectivity index (χ0) is 46.7. The van der Waals surface area contributed by atoms with E-state index in [1.54, 1.807) is 4.90 Å². The molecule has 11 N–H and O–H groups in total. The Kier molecular flexibility index (Phi) is 14.7. The fraction of sp³-hybridized carbons (Fsp3) is 0.641. The van der Waals surface area contributed by atoms with E-state index in [4.69, 9.17) is 36.5 Å². The molecule has 24 heteroatoms. The van der Waals surface area contributed by atoms with E-state index in [0.29, 0.717) is 6.42 Å². The molecule has 4 heterocycles. The lowest BCUT2D eigenvalue weighted by atomic mass is 9.82.